The fraction of sp³-hybridized carbons (Fsp3) is 0.174. The van der Waals surface area contributed by atoms with Crippen LogP contribution in [0.2, 0.25) is 0 Å². The molecular formula is C23H20N6O2. The molecule has 1 aliphatic rings. The lowest BCUT2D eigenvalue weighted by Crippen LogP contribution is -2.25. The summed E-state index contributed by atoms with van der Waals surface area (Å²) in [5, 5.41) is 25.5. The number of nitrogens with one attached hydrogen (secondary N) is 1. The molecule has 0 spiro atoms. The average Bonchev–Trinajstić information content (AvgIpc) is 3.10. The SMILES string of the molecule is Cc1ccc(-c2cnnc(-n3nc(C)c4c3NC(=O)CC4c3ccc(O)cc3)n2)cc1. The normalized spacial score (nSPS) is 15.4. The van der Waals surface area contributed by atoms with Crippen LogP contribution in [0.4, 0.5) is 5.82 Å². The van der Waals surface area contributed by atoms with Crippen molar-refractivity contribution in [3.63, 3.8) is 0 Å². The second-order valence-corrected chi connectivity index (χ2v) is 7.66. The Morgan fingerprint density at radius 2 is 1.81 bits per heavy atom. The number of amides is 1. The number of phenols is 1. The number of hydrogen-bond donors (Lipinski definition) is 2. The number of phenolic OH excluding ortho intramolecular Hbond substituents is 1. The van der Waals surface area contributed by atoms with Gasteiger partial charge in [0.05, 0.1) is 17.6 Å². The number of anilines is 1. The fourth-order valence-corrected chi connectivity index (χ4v) is 3.93. The molecule has 1 atom stereocenters. The van der Waals surface area contributed by atoms with Crippen LogP contribution in [0.3, 0.4) is 0 Å². The van der Waals surface area contributed by atoms with Gasteiger partial charge in [0, 0.05) is 23.5 Å². The van der Waals surface area contributed by atoms with Crippen LogP contribution in [0.5, 0.6) is 5.75 Å². The maximum atomic E-state index is 12.5. The highest BCUT2D eigenvalue weighted by Crippen LogP contribution is 2.40. The van der Waals surface area contributed by atoms with E-state index >= 15 is 0 Å². The lowest BCUT2D eigenvalue weighted by molar-refractivity contribution is -0.116. The summed E-state index contributed by atoms with van der Waals surface area (Å²) in [6.45, 7) is 3.93. The van der Waals surface area contributed by atoms with Crippen molar-refractivity contribution >= 4 is 11.7 Å². The number of fused-ring (bicyclic) bond motifs is 1. The van der Waals surface area contributed by atoms with Crippen molar-refractivity contribution in [2.24, 2.45) is 0 Å². The molecule has 0 saturated heterocycles. The van der Waals surface area contributed by atoms with Crippen molar-refractivity contribution in [2.45, 2.75) is 26.2 Å². The van der Waals surface area contributed by atoms with Crippen LogP contribution < -0.4 is 5.32 Å². The summed E-state index contributed by atoms with van der Waals surface area (Å²) >= 11 is 0. The smallest absolute Gasteiger partial charge is 0.272 e. The highest BCUT2D eigenvalue weighted by molar-refractivity contribution is 5.95. The van der Waals surface area contributed by atoms with E-state index in [9.17, 15) is 9.90 Å². The van der Waals surface area contributed by atoms with Gasteiger partial charge in [0.1, 0.15) is 11.6 Å². The van der Waals surface area contributed by atoms with Gasteiger partial charge >= 0.3 is 0 Å². The largest absolute Gasteiger partial charge is 0.508 e. The Morgan fingerprint density at radius 1 is 1.06 bits per heavy atom. The highest BCUT2D eigenvalue weighted by atomic mass is 16.3. The molecule has 5 rings (SSSR count). The molecule has 3 heterocycles. The third-order valence-electron chi connectivity index (χ3n) is 5.48. The standard InChI is InChI=1S/C23H20N6O2/c1-13-3-5-16(6-4-13)19-12-24-27-23(25-19)29-22-21(14(2)28-29)18(11-20(31)26-22)15-7-9-17(30)10-8-15/h3-10,12,18,30H,11H2,1-2H3,(H,26,31). The van der Waals surface area contributed by atoms with Crippen LogP contribution >= 0.6 is 0 Å². The molecule has 0 fully saturated rings. The van der Waals surface area contributed by atoms with Gasteiger partial charge in [-0.2, -0.15) is 14.9 Å². The van der Waals surface area contributed by atoms with Crippen molar-refractivity contribution in [2.75, 3.05) is 5.32 Å². The van der Waals surface area contributed by atoms with Gasteiger partial charge in [-0.1, -0.05) is 42.0 Å². The van der Waals surface area contributed by atoms with E-state index in [1.165, 1.54) is 0 Å². The van der Waals surface area contributed by atoms with Crippen LogP contribution in [-0.4, -0.2) is 36.0 Å². The van der Waals surface area contributed by atoms with Crippen molar-refractivity contribution in [1.29, 1.82) is 0 Å². The Hall–Kier alpha value is -4.07. The van der Waals surface area contributed by atoms with Gasteiger partial charge in [-0.05, 0) is 31.5 Å². The Bertz CT molecular complexity index is 1280. The summed E-state index contributed by atoms with van der Waals surface area (Å²) in [5.74, 6) is 0.730. The molecule has 8 heteroatoms. The predicted molar refractivity (Wildman–Crippen MR) is 115 cm³/mol. The monoisotopic (exact) mass is 412 g/mol. The molecule has 2 N–H and O–H groups in total. The first-order valence-corrected chi connectivity index (χ1v) is 9.95. The van der Waals surface area contributed by atoms with E-state index in [0.717, 1.165) is 27.9 Å². The van der Waals surface area contributed by atoms with Crippen LogP contribution in [0.15, 0.2) is 54.7 Å². The molecule has 8 nitrogen and oxygen atoms in total. The van der Waals surface area contributed by atoms with Gasteiger partial charge in [-0.25, -0.2) is 4.98 Å². The molecule has 31 heavy (non-hydrogen) atoms. The Labute approximate surface area is 178 Å². The molecule has 1 aliphatic heterocycles. The molecule has 0 bridgehead atoms. The second kappa shape index (κ2) is 7.32. The van der Waals surface area contributed by atoms with E-state index in [4.69, 9.17) is 0 Å². The molecule has 0 aliphatic carbocycles. The summed E-state index contributed by atoms with van der Waals surface area (Å²) in [5.41, 5.74) is 5.37. The minimum absolute atomic E-state index is 0.116. The summed E-state index contributed by atoms with van der Waals surface area (Å²) in [4.78, 5) is 17.2. The minimum Gasteiger partial charge on any atom is -0.508 e. The first-order chi connectivity index (χ1) is 15.0. The average molecular weight is 412 g/mol. The van der Waals surface area contributed by atoms with E-state index < -0.39 is 0 Å². The molecule has 2 aromatic heterocycles. The number of benzene rings is 2. The molecule has 0 radical (unpaired) electrons. The third kappa shape index (κ3) is 3.42. The van der Waals surface area contributed by atoms with E-state index in [0.29, 0.717) is 17.9 Å². The van der Waals surface area contributed by atoms with E-state index in [1.807, 2.05) is 50.2 Å². The number of carbonyl (C=O) groups is 1. The van der Waals surface area contributed by atoms with E-state index in [2.05, 4.69) is 25.6 Å². The zero-order chi connectivity index (χ0) is 21.5. The Morgan fingerprint density at radius 3 is 2.55 bits per heavy atom. The van der Waals surface area contributed by atoms with Gasteiger partial charge in [0.25, 0.3) is 5.95 Å². The van der Waals surface area contributed by atoms with Gasteiger partial charge in [0.15, 0.2) is 0 Å². The summed E-state index contributed by atoms with van der Waals surface area (Å²) in [7, 11) is 0. The third-order valence-corrected chi connectivity index (χ3v) is 5.48. The Kier molecular flexibility index (Phi) is 4.47. The summed E-state index contributed by atoms with van der Waals surface area (Å²) in [6.07, 6.45) is 1.90. The van der Waals surface area contributed by atoms with Gasteiger partial charge in [0.2, 0.25) is 5.91 Å². The van der Waals surface area contributed by atoms with Gasteiger partial charge in [-0.3, -0.25) is 4.79 Å². The number of aryl methyl sites for hydroxylation is 2. The van der Waals surface area contributed by atoms with Crippen molar-refractivity contribution in [3.8, 4) is 23.0 Å². The summed E-state index contributed by atoms with van der Waals surface area (Å²) < 4.78 is 1.54. The van der Waals surface area contributed by atoms with Gasteiger partial charge in [-0.15, -0.1) is 5.10 Å². The number of carbonyl (C=O) groups excluding carboxylic acids is 1. The summed E-state index contributed by atoms with van der Waals surface area (Å²) in [6, 6.07) is 14.9. The van der Waals surface area contributed by atoms with E-state index in [1.54, 1.807) is 23.0 Å². The first-order valence-electron chi connectivity index (χ1n) is 9.95. The molecule has 154 valence electrons. The van der Waals surface area contributed by atoms with Crippen LogP contribution in [0.1, 0.15) is 34.7 Å². The maximum absolute atomic E-state index is 12.5. The lowest BCUT2D eigenvalue weighted by atomic mass is 9.86. The lowest BCUT2D eigenvalue weighted by Gasteiger charge is -2.24. The quantitative estimate of drug-likeness (QED) is 0.533. The fourth-order valence-electron chi connectivity index (χ4n) is 3.93. The number of hydrogen-bond acceptors (Lipinski definition) is 6. The minimum atomic E-state index is -0.175. The molecule has 1 unspecified atom stereocenters. The molecule has 0 saturated carbocycles. The highest BCUT2D eigenvalue weighted by Gasteiger charge is 2.33. The van der Waals surface area contributed by atoms with Crippen molar-refractivity contribution in [3.05, 3.63) is 77.1 Å². The van der Waals surface area contributed by atoms with Gasteiger partial charge < -0.3 is 10.4 Å². The first kappa shape index (κ1) is 18.9. The molecule has 4 aromatic rings. The van der Waals surface area contributed by atoms with Crippen molar-refractivity contribution < 1.29 is 9.90 Å². The van der Waals surface area contributed by atoms with Crippen LogP contribution in [0.25, 0.3) is 17.2 Å². The number of nitrogens with zero attached hydrogens (tertiary/aromatic N) is 5. The number of aromatic hydroxyl groups is 1. The molecule has 1 amide bonds. The molecule has 2 aromatic carbocycles. The maximum Gasteiger partial charge on any atom is 0.272 e. The van der Waals surface area contributed by atoms with Crippen molar-refractivity contribution in [1.82, 2.24) is 25.0 Å². The number of aromatic nitrogens is 5. The van der Waals surface area contributed by atoms with Crippen LogP contribution in [-0.2, 0) is 4.79 Å². The van der Waals surface area contributed by atoms with E-state index in [-0.39, 0.29) is 23.5 Å². The van der Waals surface area contributed by atoms with Crippen LogP contribution in [0, 0.1) is 13.8 Å². The topological polar surface area (TPSA) is 106 Å². The zero-order valence-corrected chi connectivity index (χ0v) is 17.1. The molecular weight excluding hydrogens is 392 g/mol. The Balaban J connectivity index is 1.60. The number of rotatable bonds is 3. The predicted octanol–water partition coefficient (Wildman–Crippen LogP) is 3.52. The zero-order valence-electron chi connectivity index (χ0n) is 17.1. The second-order valence-electron chi connectivity index (χ2n) is 7.66.